The first kappa shape index (κ1) is 112. The van der Waals surface area contributed by atoms with E-state index in [1.54, 1.807) is 170 Å². The van der Waals surface area contributed by atoms with Gasteiger partial charge < -0.3 is 95.5 Å². The molecule has 0 radical (unpaired) electrons. The number of rotatable bonds is 47. The van der Waals surface area contributed by atoms with Crippen molar-refractivity contribution in [3.05, 3.63) is 144 Å². The van der Waals surface area contributed by atoms with E-state index < -0.39 is 69.1 Å². The van der Waals surface area contributed by atoms with Crippen LogP contribution in [0.25, 0.3) is 0 Å². The molecule has 0 aromatic heterocycles. The lowest BCUT2D eigenvalue weighted by atomic mass is 9.91. The quantitative estimate of drug-likeness (QED) is 0.0120. The van der Waals surface area contributed by atoms with Crippen LogP contribution in [-0.2, 0) is 80.8 Å². The number of benzene rings is 5. The molecule has 696 valence electrons. The highest BCUT2D eigenvalue weighted by molar-refractivity contribution is 5.91. The van der Waals surface area contributed by atoms with E-state index in [2.05, 4.69) is 0 Å². The number of esters is 9. The van der Waals surface area contributed by atoms with E-state index in [0.29, 0.717) is 115 Å². The summed E-state index contributed by atoms with van der Waals surface area (Å²) in [7, 11) is 0. The highest BCUT2D eigenvalue weighted by Crippen LogP contribution is 2.29. The second-order valence-corrected chi connectivity index (χ2v) is 32.5. The zero-order valence-electron chi connectivity index (χ0n) is 78.2. The summed E-state index contributed by atoms with van der Waals surface area (Å²) in [5, 5.41) is 19.7. The van der Waals surface area contributed by atoms with Crippen molar-refractivity contribution >= 4 is 53.7 Å². The van der Waals surface area contributed by atoms with Gasteiger partial charge in [0.2, 0.25) is 0 Å². The molecule has 0 heterocycles. The first-order valence-electron chi connectivity index (χ1n) is 42.4. The number of ether oxygens (including phenoxy) is 18. The molecule has 0 spiro atoms. The van der Waals surface area contributed by atoms with Crippen LogP contribution in [0.15, 0.2) is 121 Å². The van der Waals surface area contributed by atoms with Gasteiger partial charge in [0.25, 0.3) is 0 Å². The Morgan fingerprint density at radius 1 is 0.274 bits per heavy atom. The van der Waals surface area contributed by atoms with Crippen molar-refractivity contribution in [2.24, 2.45) is 27.1 Å². The maximum atomic E-state index is 12.0. The fourth-order valence-electron chi connectivity index (χ4n) is 8.97. The van der Waals surface area contributed by atoms with Gasteiger partial charge in [0.1, 0.15) is 91.9 Å². The van der Waals surface area contributed by atoms with Crippen molar-refractivity contribution in [2.75, 3.05) is 79.3 Å². The van der Waals surface area contributed by atoms with Gasteiger partial charge in [0.15, 0.2) is 25.2 Å². The third kappa shape index (κ3) is 46.2. The fourth-order valence-corrected chi connectivity index (χ4v) is 8.97. The highest BCUT2D eigenvalue weighted by atomic mass is 16.7. The molecule has 6 unspecified atom stereocenters. The Morgan fingerprint density at radius 2 is 0.492 bits per heavy atom. The minimum atomic E-state index is -1.08. The van der Waals surface area contributed by atoms with Gasteiger partial charge in [-0.1, -0.05) is 34.6 Å². The van der Waals surface area contributed by atoms with Gasteiger partial charge in [-0.25, -0.2) is 19.2 Å². The van der Waals surface area contributed by atoms with Gasteiger partial charge >= 0.3 is 53.7 Å². The number of hydrogen-bond donors (Lipinski definition) is 2. The summed E-state index contributed by atoms with van der Waals surface area (Å²) < 4.78 is 95.1. The Bertz CT molecular complexity index is 3900. The normalized spacial score (nSPS) is 12.8. The Hall–Kier alpha value is -9.91. The van der Waals surface area contributed by atoms with Crippen molar-refractivity contribution in [3.8, 4) is 34.5 Å². The molecule has 0 bridgehead atoms. The summed E-state index contributed by atoms with van der Waals surface area (Å²) in [5.41, 5.74) is -1.52. The van der Waals surface area contributed by atoms with Crippen molar-refractivity contribution in [1.29, 1.82) is 0 Å². The topological polar surface area (TPSA) is 360 Å². The molecule has 5 rings (SSSR count). The highest BCUT2D eigenvalue weighted by Gasteiger charge is 2.32. The van der Waals surface area contributed by atoms with Gasteiger partial charge in [-0.2, -0.15) is 0 Å². The fraction of sp³-hybridized carbons (Fsp3) is 0.589. The molecule has 0 aliphatic carbocycles. The van der Waals surface area contributed by atoms with Gasteiger partial charge in [-0.15, -0.1) is 0 Å². The monoisotopic (exact) mass is 1750 g/mol. The Labute approximate surface area is 734 Å². The third-order valence-electron chi connectivity index (χ3n) is 18.7. The molecule has 29 heteroatoms. The van der Waals surface area contributed by atoms with E-state index in [1.807, 2.05) is 132 Å². The smallest absolute Gasteiger partial charge is 0.338 e. The standard InChI is InChI=1S/C20H30O7.2C20H30O6.C19H28O6.C16H24O4/c1-6-20(4,5)19(23)26-13-16(21)12-25-18(22)15-8-10-17(11-9-15)27-14(3)24-7-2;1-7-20(5,6)18(23)25-13-15(21)12-24-17(22)14-8-10-16(11-9-14)26-19(2,3)4;1-6-20(4,5)19(22)25-14-8-13-24-18(21)16-9-11-17(12-10-16)26-15(3)23-7-2;1-6-19(4,5)18(21)24-13-12-23-17(20)15-8-10-16(11-9-15)25-14(3)22-7-2;1-6-16(4,5)15(17)20-14-10-8-13(9-11-14)19-12(3)18-7-2/h8-11,14,16,21H,6-7,12-13H2,1-5H3;8-11,15,21H,7,12-13H2,1-6H3;9-12,15H,6-8,13-14H2,1-5H3;8-11,14H,6-7,12-13H2,1-5H3;8-12H,6-7H2,1-5H3. The van der Waals surface area contributed by atoms with Crippen LogP contribution in [-0.4, -0.2) is 186 Å². The number of aliphatic hydroxyl groups is 2. The molecule has 124 heavy (non-hydrogen) atoms. The van der Waals surface area contributed by atoms with E-state index in [4.69, 9.17) is 85.3 Å². The van der Waals surface area contributed by atoms with E-state index in [0.717, 1.165) is 6.42 Å². The molecule has 5 aromatic carbocycles. The van der Waals surface area contributed by atoms with Crippen molar-refractivity contribution in [2.45, 2.75) is 262 Å². The van der Waals surface area contributed by atoms with Gasteiger partial charge in [-0.05, 0) is 299 Å². The number of carbonyl (C=O) groups excluding carboxylic acids is 9. The third-order valence-corrected chi connectivity index (χ3v) is 18.7. The summed E-state index contributed by atoms with van der Waals surface area (Å²) >= 11 is 0. The summed E-state index contributed by atoms with van der Waals surface area (Å²) in [6, 6.07) is 33.2. The van der Waals surface area contributed by atoms with Crippen LogP contribution in [0, 0.1) is 27.1 Å². The Balaban J connectivity index is 0.000000777. The largest absolute Gasteiger partial charge is 0.488 e. The van der Waals surface area contributed by atoms with Crippen molar-refractivity contribution in [1.82, 2.24) is 0 Å². The van der Waals surface area contributed by atoms with Crippen molar-refractivity contribution in [3.63, 3.8) is 0 Å². The molecule has 0 saturated heterocycles. The van der Waals surface area contributed by atoms with E-state index in [-0.39, 0.29) is 107 Å². The summed E-state index contributed by atoms with van der Waals surface area (Å²) in [4.78, 5) is 107. The first-order chi connectivity index (χ1) is 58.1. The molecule has 0 saturated carbocycles. The lowest BCUT2D eigenvalue weighted by molar-refractivity contribution is -0.158. The predicted molar refractivity (Wildman–Crippen MR) is 467 cm³/mol. The predicted octanol–water partition coefficient (Wildman–Crippen LogP) is 17.7. The van der Waals surface area contributed by atoms with Gasteiger partial charge in [0, 0.05) is 32.8 Å². The zero-order valence-corrected chi connectivity index (χ0v) is 78.2. The molecule has 0 aliphatic heterocycles. The van der Waals surface area contributed by atoms with Crippen LogP contribution in [0.1, 0.15) is 260 Å². The molecular weight excluding hydrogens is 1610 g/mol. The van der Waals surface area contributed by atoms with Crippen LogP contribution in [0.5, 0.6) is 34.5 Å². The lowest BCUT2D eigenvalue weighted by Crippen LogP contribution is -2.31. The Morgan fingerprint density at radius 3 is 0.774 bits per heavy atom. The molecule has 0 fully saturated rings. The molecule has 0 amide bonds. The summed E-state index contributed by atoms with van der Waals surface area (Å²) in [5.74, 6) is 0.0600. The second kappa shape index (κ2) is 57.6. The van der Waals surface area contributed by atoms with E-state index >= 15 is 0 Å². The molecule has 5 aromatic rings. The number of hydrogen-bond acceptors (Lipinski definition) is 29. The molecule has 0 aliphatic rings. The van der Waals surface area contributed by atoms with E-state index in [1.165, 1.54) is 0 Å². The van der Waals surface area contributed by atoms with Crippen LogP contribution < -0.4 is 28.4 Å². The van der Waals surface area contributed by atoms with E-state index in [9.17, 15) is 53.4 Å². The molecule has 2 N–H and O–H groups in total. The van der Waals surface area contributed by atoms with Gasteiger partial charge in [0.05, 0.1) is 62.5 Å². The Kier molecular flexibility index (Phi) is 52.1. The summed E-state index contributed by atoms with van der Waals surface area (Å²) in [6.07, 6.45) is 0.305. The average molecular weight is 1750 g/mol. The lowest BCUT2D eigenvalue weighted by Gasteiger charge is -2.21. The molecule has 6 atom stereocenters. The van der Waals surface area contributed by atoms with Gasteiger partial charge in [-0.3, -0.25) is 24.0 Å². The average Bonchev–Trinajstić information content (AvgIpc) is 0.863. The maximum absolute atomic E-state index is 12.0. The minimum absolute atomic E-state index is 0.0179. The molecule has 29 nitrogen and oxygen atoms in total. The first-order valence-corrected chi connectivity index (χ1v) is 42.4. The minimum Gasteiger partial charge on any atom is -0.488 e. The van der Waals surface area contributed by atoms with Crippen LogP contribution in [0.2, 0.25) is 0 Å². The van der Waals surface area contributed by atoms with Crippen LogP contribution in [0.4, 0.5) is 0 Å². The second-order valence-electron chi connectivity index (χ2n) is 32.5. The zero-order chi connectivity index (χ0) is 94.0. The maximum Gasteiger partial charge on any atom is 0.338 e. The van der Waals surface area contributed by atoms with Crippen LogP contribution >= 0.6 is 0 Å². The number of aliphatic hydroxyl groups excluding tert-OH is 2. The number of carbonyl (C=O) groups is 9. The molecular formula is C95H142O29. The van der Waals surface area contributed by atoms with Crippen molar-refractivity contribution < 1.29 is 139 Å². The summed E-state index contributed by atoms with van der Waals surface area (Å²) in [6.45, 7) is 50.1. The van der Waals surface area contributed by atoms with Crippen LogP contribution in [0.3, 0.4) is 0 Å². The SMILES string of the molecule is CCC(C)(C)C(=O)OCC(O)COC(=O)c1ccc(OC(C)(C)C)cc1.CCOC(C)Oc1ccc(C(=O)OCC(O)COC(=O)C(C)(C)CC)cc1.CCOC(C)Oc1ccc(C(=O)OCCCOC(=O)C(C)(C)CC)cc1.CCOC(C)Oc1ccc(C(=O)OCCOC(=O)C(C)(C)CC)cc1.CCOC(C)Oc1ccc(OC(=O)C(C)(C)CC)cc1.